The molecule has 2 amide bonds. The number of likely N-dealkylation sites (tertiary alicyclic amines) is 1. The van der Waals surface area contributed by atoms with Gasteiger partial charge in [-0.2, -0.15) is 0 Å². The zero-order valence-corrected chi connectivity index (χ0v) is 15.9. The van der Waals surface area contributed by atoms with Gasteiger partial charge in [0.15, 0.2) is 0 Å². The Bertz CT molecular complexity index is 444. The number of nitrogens with one attached hydrogen (secondary N) is 1. The summed E-state index contributed by atoms with van der Waals surface area (Å²) in [6.45, 7) is 11.4. The smallest absolute Gasteiger partial charge is 0.410 e. The van der Waals surface area contributed by atoms with E-state index in [-0.39, 0.29) is 5.91 Å². The Balaban J connectivity index is 1.66. The number of nitrogens with zero attached hydrogens (tertiary/aromatic N) is 2. The van der Waals surface area contributed by atoms with Crippen molar-refractivity contribution >= 4 is 12.0 Å². The van der Waals surface area contributed by atoms with Crippen LogP contribution in [0.4, 0.5) is 4.79 Å². The largest absolute Gasteiger partial charge is 0.444 e. The van der Waals surface area contributed by atoms with Crippen LogP contribution in [0.2, 0.25) is 0 Å². The molecule has 0 saturated carbocycles. The first-order chi connectivity index (χ1) is 11.9. The Labute approximate surface area is 151 Å². The standard InChI is InChI=1S/C18H33N3O4/c1-18(2,3)25-17(23)21-10-6-7-15(21)16(22)19-8-4-5-9-20-11-13-24-14-12-20/h15H,4-14H2,1-3H3,(H,19,22)/t15-/m0/s1. The lowest BCUT2D eigenvalue weighted by molar-refractivity contribution is -0.125. The number of unbranched alkanes of at least 4 members (excludes halogenated alkanes) is 1. The summed E-state index contributed by atoms with van der Waals surface area (Å²) in [5.74, 6) is -0.0604. The van der Waals surface area contributed by atoms with Crippen molar-refractivity contribution < 1.29 is 19.1 Å². The number of carbonyl (C=O) groups excluding carboxylic acids is 2. The van der Waals surface area contributed by atoms with Crippen molar-refractivity contribution in [2.45, 2.75) is 58.1 Å². The van der Waals surface area contributed by atoms with E-state index in [0.717, 1.165) is 52.1 Å². The van der Waals surface area contributed by atoms with E-state index in [1.54, 1.807) is 4.90 Å². The molecule has 1 atom stereocenters. The lowest BCUT2D eigenvalue weighted by atomic mass is 10.2. The summed E-state index contributed by atoms with van der Waals surface area (Å²) in [6.07, 6.45) is 3.16. The van der Waals surface area contributed by atoms with Gasteiger partial charge in [-0.3, -0.25) is 14.6 Å². The van der Waals surface area contributed by atoms with Crippen molar-refractivity contribution in [2.75, 3.05) is 45.9 Å². The molecule has 25 heavy (non-hydrogen) atoms. The minimum absolute atomic E-state index is 0.0604. The summed E-state index contributed by atoms with van der Waals surface area (Å²) in [4.78, 5) is 28.6. The molecule has 0 spiro atoms. The zero-order valence-electron chi connectivity index (χ0n) is 15.9. The van der Waals surface area contributed by atoms with Gasteiger partial charge in [0, 0.05) is 26.2 Å². The molecule has 0 aromatic carbocycles. The highest BCUT2D eigenvalue weighted by atomic mass is 16.6. The van der Waals surface area contributed by atoms with Crippen LogP contribution in [0.1, 0.15) is 46.5 Å². The van der Waals surface area contributed by atoms with E-state index in [1.165, 1.54) is 0 Å². The van der Waals surface area contributed by atoms with Gasteiger partial charge in [-0.05, 0) is 53.0 Å². The monoisotopic (exact) mass is 355 g/mol. The Hall–Kier alpha value is -1.34. The van der Waals surface area contributed by atoms with E-state index in [1.807, 2.05) is 20.8 Å². The zero-order chi connectivity index (χ0) is 18.3. The second-order valence-electron chi connectivity index (χ2n) is 7.78. The van der Waals surface area contributed by atoms with Crippen LogP contribution >= 0.6 is 0 Å². The summed E-state index contributed by atoms with van der Waals surface area (Å²) in [5.41, 5.74) is -0.541. The molecule has 0 aromatic rings. The molecule has 144 valence electrons. The number of morpholine rings is 1. The average Bonchev–Trinajstić information content (AvgIpc) is 3.03. The highest BCUT2D eigenvalue weighted by Gasteiger charge is 2.36. The van der Waals surface area contributed by atoms with Gasteiger partial charge in [-0.1, -0.05) is 0 Å². The number of ether oxygens (including phenoxy) is 2. The third-order valence-electron chi connectivity index (χ3n) is 4.49. The quantitative estimate of drug-likeness (QED) is 0.733. The molecule has 2 fully saturated rings. The molecule has 0 aliphatic carbocycles. The van der Waals surface area contributed by atoms with Crippen molar-refractivity contribution in [1.82, 2.24) is 15.1 Å². The number of carbonyl (C=O) groups is 2. The van der Waals surface area contributed by atoms with E-state index in [4.69, 9.17) is 9.47 Å². The van der Waals surface area contributed by atoms with Gasteiger partial charge in [0.1, 0.15) is 11.6 Å². The van der Waals surface area contributed by atoms with Crippen LogP contribution in [0.25, 0.3) is 0 Å². The van der Waals surface area contributed by atoms with Crippen molar-refractivity contribution in [3.63, 3.8) is 0 Å². The van der Waals surface area contributed by atoms with Crippen LogP contribution in [0.5, 0.6) is 0 Å². The van der Waals surface area contributed by atoms with Crippen LogP contribution in [-0.4, -0.2) is 79.4 Å². The van der Waals surface area contributed by atoms with E-state index in [9.17, 15) is 9.59 Å². The fourth-order valence-electron chi connectivity index (χ4n) is 3.19. The predicted molar refractivity (Wildman–Crippen MR) is 95.5 cm³/mol. The first-order valence-corrected chi connectivity index (χ1v) is 9.44. The summed E-state index contributed by atoms with van der Waals surface area (Å²) in [7, 11) is 0. The lowest BCUT2D eigenvalue weighted by Gasteiger charge is -2.28. The molecule has 2 aliphatic rings. The molecule has 1 N–H and O–H groups in total. The van der Waals surface area contributed by atoms with Crippen molar-refractivity contribution in [1.29, 1.82) is 0 Å². The van der Waals surface area contributed by atoms with E-state index in [2.05, 4.69) is 10.2 Å². The Morgan fingerprint density at radius 3 is 2.56 bits per heavy atom. The maximum Gasteiger partial charge on any atom is 0.410 e. The third kappa shape index (κ3) is 6.82. The maximum absolute atomic E-state index is 12.4. The van der Waals surface area contributed by atoms with Crippen molar-refractivity contribution in [2.24, 2.45) is 0 Å². The molecule has 7 heteroatoms. The Kier molecular flexibility index (Phi) is 7.50. The second kappa shape index (κ2) is 9.38. The number of hydrogen-bond acceptors (Lipinski definition) is 5. The molecule has 0 radical (unpaired) electrons. The van der Waals surface area contributed by atoms with Gasteiger partial charge in [-0.15, -0.1) is 0 Å². The highest BCUT2D eigenvalue weighted by molar-refractivity contribution is 5.86. The highest BCUT2D eigenvalue weighted by Crippen LogP contribution is 2.21. The number of amides is 2. The van der Waals surface area contributed by atoms with Crippen LogP contribution in [0, 0.1) is 0 Å². The maximum atomic E-state index is 12.4. The summed E-state index contributed by atoms with van der Waals surface area (Å²) in [6, 6.07) is -0.394. The minimum Gasteiger partial charge on any atom is -0.444 e. The summed E-state index contributed by atoms with van der Waals surface area (Å²) >= 11 is 0. The summed E-state index contributed by atoms with van der Waals surface area (Å²) in [5, 5.41) is 2.98. The van der Waals surface area contributed by atoms with E-state index < -0.39 is 17.7 Å². The number of rotatable bonds is 6. The molecule has 2 heterocycles. The molecule has 2 saturated heterocycles. The van der Waals surface area contributed by atoms with E-state index >= 15 is 0 Å². The van der Waals surface area contributed by atoms with Gasteiger partial charge >= 0.3 is 6.09 Å². The summed E-state index contributed by atoms with van der Waals surface area (Å²) < 4.78 is 10.7. The van der Waals surface area contributed by atoms with Crippen LogP contribution in [0.15, 0.2) is 0 Å². The first-order valence-electron chi connectivity index (χ1n) is 9.44. The fraction of sp³-hybridized carbons (Fsp3) is 0.889. The number of hydrogen-bond donors (Lipinski definition) is 1. The van der Waals surface area contributed by atoms with Crippen LogP contribution in [0.3, 0.4) is 0 Å². The first kappa shape index (κ1) is 20.0. The van der Waals surface area contributed by atoms with E-state index in [0.29, 0.717) is 19.5 Å². The average molecular weight is 355 g/mol. The minimum atomic E-state index is -0.541. The fourth-order valence-corrected chi connectivity index (χ4v) is 3.19. The van der Waals surface area contributed by atoms with Crippen molar-refractivity contribution in [3.05, 3.63) is 0 Å². The van der Waals surface area contributed by atoms with Gasteiger partial charge in [0.2, 0.25) is 5.91 Å². The Morgan fingerprint density at radius 1 is 1.16 bits per heavy atom. The molecule has 2 rings (SSSR count). The molecule has 2 aliphatic heterocycles. The Morgan fingerprint density at radius 2 is 1.88 bits per heavy atom. The van der Waals surface area contributed by atoms with Gasteiger partial charge < -0.3 is 14.8 Å². The lowest BCUT2D eigenvalue weighted by Crippen LogP contribution is -2.47. The van der Waals surface area contributed by atoms with Gasteiger partial charge in [-0.25, -0.2) is 4.79 Å². The topological polar surface area (TPSA) is 71.1 Å². The molecule has 0 aromatic heterocycles. The third-order valence-corrected chi connectivity index (χ3v) is 4.49. The SMILES string of the molecule is CC(C)(C)OC(=O)N1CCC[C@H]1C(=O)NCCCCN1CCOCC1. The molecule has 0 bridgehead atoms. The van der Waals surface area contributed by atoms with Crippen molar-refractivity contribution in [3.8, 4) is 0 Å². The predicted octanol–water partition coefficient (Wildman–Crippen LogP) is 1.61. The normalized spacial score (nSPS) is 22.0. The molecular weight excluding hydrogens is 322 g/mol. The molecule has 0 unspecified atom stereocenters. The molecule has 7 nitrogen and oxygen atoms in total. The van der Waals surface area contributed by atoms with Crippen LogP contribution < -0.4 is 5.32 Å². The second-order valence-corrected chi connectivity index (χ2v) is 7.78. The van der Waals surface area contributed by atoms with Gasteiger partial charge in [0.25, 0.3) is 0 Å². The van der Waals surface area contributed by atoms with Gasteiger partial charge in [0.05, 0.1) is 13.2 Å². The van der Waals surface area contributed by atoms with Crippen LogP contribution in [-0.2, 0) is 14.3 Å². The molecular formula is C18H33N3O4.